The number of rotatable bonds is 2. The van der Waals surface area contributed by atoms with Crippen LogP contribution in [0.3, 0.4) is 0 Å². The number of hydrogen-bond acceptors (Lipinski definition) is 2. The fraction of sp³-hybridized carbons (Fsp3) is 0.778. The van der Waals surface area contributed by atoms with Crippen LogP contribution in [0.4, 0.5) is 0 Å². The summed E-state index contributed by atoms with van der Waals surface area (Å²) in [6.45, 7) is 1.97. The molecular weight excluding hydrogens is 172 g/mol. The van der Waals surface area contributed by atoms with Gasteiger partial charge in [0.1, 0.15) is 0 Å². The molecule has 1 aliphatic rings. The van der Waals surface area contributed by atoms with Gasteiger partial charge in [0.05, 0.1) is 11.8 Å². The van der Waals surface area contributed by atoms with Crippen molar-refractivity contribution in [2.45, 2.75) is 26.2 Å². The predicted molar refractivity (Wildman–Crippen MR) is 45.3 cm³/mol. The first-order valence-corrected chi connectivity index (χ1v) is 4.48. The van der Waals surface area contributed by atoms with E-state index in [0.717, 1.165) is 6.42 Å². The number of carboxylic acid groups (broad SMARTS) is 2. The molecule has 0 amide bonds. The molecule has 0 heterocycles. The fourth-order valence-corrected chi connectivity index (χ4v) is 1.95. The molecule has 74 valence electrons. The topological polar surface area (TPSA) is 74.6 Å². The molecule has 3 atom stereocenters. The predicted octanol–water partition coefficient (Wildman–Crippen LogP) is 1.21. The number of carboxylic acids is 2. The highest BCUT2D eigenvalue weighted by Gasteiger charge is 2.37. The van der Waals surface area contributed by atoms with Crippen molar-refractivity contribution in [3.8, 4) is 0 Å². The highest BCUT2D eigenvalue weighted by molar-refractivity contribution is 5.80. The molecule has 0 aromatic heterocycles. The Morgan fingerprint density at radius 2 is 1.62 bits per heavy atom. The monoisotopic (exact) mass is 186 g/mol. The second kappa shape index (κ2) is 3.77. The molecule has 0 aromatic rings. The maximum Gasteiger partial charge on any atom is 0.307 e. The maximum atomic E-state index is 10.8. The minimum Gasteiger partial charge on any atom is -0.481 e. The minimum atomic E-state index is -0.973. The Morgan fingerprint density at radius 1 is 1.08 bits per heavy atom. The van der Waals surface area contributed by atoms with Gasteiger partial charge >= 0.3 is 11.9 Å². The molecule has 0 radical (unpaired) electrons. The van der Waals surface area contributed by atoms with Crippen molar-refractivity contribution in [3.63, 3.8) is 0 Å². The summed E-state index contributed by atoms with van der Waals surface area (Å²) in [6.07, 6.45) is 1.81. The zero-order valence-electron chi connectivity index (χ0n) is 7.56. The highest BCUT2D eigenvalue weighted by atomic mass is 16.4. The van der Waals surface area contributed by atoms with Crippen LogP contribution in [0.15, 0.2) is 0 Å². The third-order valence-electron chi connectivity index (χ3n) is 2.75. The van der Waals surface area contributed by atoms with E-state index in [2.05, 4.69) is 0 Å². The summed E-state index contributed by atoms with van der Waals surface area (Å²) in [5.41, 5.74) is 0. The van der Waals surface area contributed by atoms with E-state index in [1.807, 2.05) is 6.92 Å². The standard InChI is InChI=1S/C9H14O4/c1-5-2-3-6(8(10)11)7(4-5)9(12)13/h5-7H,2-4H2,1H3,(H,10,11)(H,12,13)/t5-,6-,7+/m0/s1. The molecule has 4 nitrogen and oxygen atoms in total. The van der Waals surface area contributed by atoms with Gasteiger partial charge in [-0.25, -0.2) is 0 Å². The van der Waals surface area contributed by atoms with Gasteiger partial charge in [-0.1, -0.05) is 6.92 Å². The maximum absolute atomic E-state index is 10.8. The smallest absolute Gasteiger partial charge is 0.307 e. The first-order chi connectivity index (χ1) is 6.02. The third-order valence-corrected chi connectivity index (χ3v) is 2.75. The van der Waals surface area contributed by atoms with Crippen molar-refractivity contribution in [3.05, 3.63) is 0 Å². The van der Waals surface area contributed by atoms with E-state index in [4.69, 9.17) is 10.2 Å². The molecule has 1 aliphatic carbocycles. The van der Waals surface area contributed by atoms with Gasteiger partial charge in [-0.15, -0.1) is 0 Å². The van der Waals surface area contributed by atoms with Crippen molar-refractivity contribution in [2.75, 3.05) is 0 Å². The van der Waals surface area contributed by atoms with Gasteiger partial charge in [0.2, 0.25) is 0 Å². The summed E-state index contributed by atoms with van der Waals surface area (Å²) in [4.78, 5) is 21.5. The molecule has 13 heavy (non-hydrogen) atoms. The van der Waals surface area contributed by atoms with E-state index in [0.29, 0.717) is 18.8 Å². The molecule has 1 saturated carbocycles. The van der Waals surface area contributed by atoms with Gasteiger partial charge in [0, 0.05) is 0 Å². The molecule has 4 heteroatoms. The normalized spacial score (nSPS) is 34.1. The van der Waals surface area contributed by atoms with Crippen LogP contribution in [0, 0.1) is 17.8 Å². The second-order valence-electron chi connectivity index (χ2n) is 3.81. The fourth-order valence-electron chi connectivity index (χ4n) is 1.95. The van der Waals surface area contributed by atoms with Crippen LogP contribution < -0.4 is 0 Å². The average Bonchev–Trinajstić information content (AvgIpc) is 2.03. The summed E-state index contributed by atoms with van der Waals surface area (Å²) in [6, 6.07) is 0. The Kier molecular flexibility index (Phi) is 2.90. The van der Waals surface area contributed by atoms with Crippen LogP contribution in [0.5, 0.6) is 0 Å². The van der Waals surface area contributed by atoms with Gasteiger partial charge in [-0.2, -0.15) is 0 Å². The molecular formula is C9H14O4. The van der Waals surface area contributed by atoms with Gasteiger partial charge < -0.3 is 10.2 Å². The van der Waals surface area contributed by atoms with Crippen LogP contribution >= 0.6 is 0 Å². The van der Waals surface area contributed by atoms with Crippen molar-refractivity contribution in [1.82, 2.24) is 0 Å². The summed E-state index contributed by atoms with van der Waals surface area (Å²) in [5.74, 6) is -3.00. The van der Waals surface area contributed by atoms with Crippen LogP contribution in [0.1, 0.15) is 26.2 Å². The van der Waals surface area contributed by atoms with E-state index < -0.39 is 23.8 Å². The van der Waals surface area contributed by atoms with Crippen molar-refractivity contribution >= 4 is 11.9 Å². The summed E-state index contributed by atoms with van der Waals surface area (Å²) >= 11 is 0. The van der Waals surface area contributed by atoms with Crippen LogP contribution in [0.2, 0.25) is 0 Å². The minimum absolute atomic E-state index is 0.330. The molecule has 0 aliphatic heterocycles. The summed E-state index contributed by atoms with van der Waals surface area (Å²) in [5, 5.41) is 17.6. The Bertz CT molecular complexity index is 224. The number of hydrogen-bond donors (Lipinski definition) is 2. The van der Waals surface area contributed by atoms with E-state index >= 15 is 0 Å². The largest absolute Gasteiger partial charge is 0.481 e. The Balaban J connectivity index is 2.72. The zero-order chi connectivity index (χ0) is 10.0. The summed E-state index contributed by atoms with van der Waals surface area (Å²) < 4.78 is 0. The van der Waals surface area contributed by atoms with E-state index in [1.54, 1.807) is 0 Å². The van der Waals surface area contributed by atoms with Gasteiger partial charge in [0.25, 0.3) is 0 Å². The SMILES string of the molecule is C[C@H]1CC[C@H](C(=O)O)[C@H](C(=O)O)C1. The lowest BCUT2D eigenvalue weighted by Gasteiger charge is -2.29. The quantitative estimate of drug-likeness (QED) is 0.679. The molecule has 0 spiro atoms. The molecule has 0 bridgehead atoms. The molecule has 0 aromatic carbocycles. The van der Waals surface area contributed by atoms with E-state index in [1.165, 1.54) is 0 Å². The first kappa shape index (κ1) is 10.0. The lowest BCUT2D eigenvalue weighted by atomic mass is 9.75. The zero-order valence-corrected chi connectivity index (χ0v) is 7.56. The van der Waals surface area contributed by atoms with Crippen molar-refractivity contribution < 1.29 is 19.8 Å². The molecule has 0 unspecified atom stereocenters. The van der Waals surface area contributed by atoms with E-state index in [-0.39, 0.29) is 0 Å². The molecule has 1 rings (SSSR count). The van der Waals surface area contributed by atoms with Gasteiger partial charge in [-0.3, -0.25) is 9.59 Å². The Labute approximate surface area is 76.6 Å². The van der Waals surface area contributed by atoms with Crippen LogP contribution in [0.25, 0.3) is 0 Å². The summed E-state index contributed by atoms with van der Waals surface area (Å²) in [7, 11) is 0. The van der Waals surface area contributed by atoms with Crippen LogP contribution in [-0.4, -0.2) is 22.2 Å². The molecule has 0 saturated heterocycles. The second-order valence-corrected chi connectivity index (χ2v) is 3.81. The van der Waals surface area contributed by atoms with Gasteiger partial charge in [0.15, 0.2) is 0 Å². The van der Waals surface area contributed by atoms with Crippen LogP contribution in [-0.2, 0) is 9.59 Å². The lowest BCUT2D eigenvalue weighted by Crippen LogP contribution is -2.34. The number of carbonyl (C=O) groups is 2. The Morgan fingerprint density at radius 3 is 2.08 bits per heavy atom. The van der Waals surface area contributed by atoms with E-state index in [9.17, 15) is 9.59 Å². The average molecular weight is 186 g/mol. The molecule has 2 N–H and O–H groups in total. The lowest BCUT2D eigenvalue weighted by molar-refractivity contribution is -0.156. The number of aliphatic carboxylic acids is 2. The highest BCUT2D eigenvalue weighted by Crippen LogP contribution is 2.33. The Hall–Kier alpha value is -1.06. The van der Waals surface area contributed by atoms with Crippen molar-refractivity contribution in [2.24, 2.45) is 17.8 Å². The van der Waals surface area contributed by atoms with Crippen molar-refractivity contribution in [1.29, 1.82) is 0 Å². The third kappa shape index (κ3) is 2.20. The molecule has 1 fully saturated rings. The van der Waals surface area contributed by atoms with Gasteiger partial charge in [-0.05, 0) is 25.2 Å². The first-order valence-electron chi connectivity index (χ1n) is 4.48.